The molecule has 76 valence electrons. The van der Waals surface area contributed by atoms with E-state index < -0.39 is 0 Å². The summed E-state index contributed by atoms with van der Waals surface area (Å²) in [6.07, 6.45) is 5.21. The van der Waals surface area contributed by atoms with Crippen molar-refractivity contribution >= 4 is 27.5 Å². The first-order valence-electron chi connectivity index (χ1n) is 5.15. The minimum absolute atomic E-state index is 0.608. The van der Waals surface area contributed by atoms with Gasteiger partial charge in [-0.05, 0) is 36.8 Å². The van der Waals surface area contributed by atoms with Crippen LogP contribution in [-0.4, -0.2) is 4.83 Å². The van der Waals surface area contributed by atoms with Crippen LogP contribution in [0.5, 0.6) is 0 Å². The van der Waals surface area contributed by atoms with E-state index in [9.17, 15) is 0 Å². The van der Waals surface area contributed by atoms with Crippen LogP contribution in [0, 0.1) is 5.92 Å². The van der Waals surface area contributed by atoms with E-state index in [1.54, 1.807) is 0 Å². The van der Waals surface area contributed by atoms with Gasteiger partial charge >= 0.3 is 0 Å². The molecule has 0 radical (unpaired) electrons. The molecule has 0 aliphatic heterocycles. The van der Waals surface area contributed by atoms with Gasteiger partial charge in [0, 0.05) is 9.85 Å². The van der Waals surface area contributed by atoms with Crippen LogP contribution in [0.15, 0.2) is 24.3 Å². The van der Waals surface area contributed by atoms with Crippen LogP contribution in [0.25, 0.3) is 0 Å². The molecule has 1 aliphatic rings. The van der Waals surface area contributed by atoms with E-state index in [-0.39, 0.29) is 0 Å². The van der Waals surface area contributed by atoms with Gasteiger partial charge in [-0.2, -0.15) is 0 Å². The molecule has 0 saturated heterocycles. The van der Waals surface area contributed by atoms with Crippen LogP contribution in [0.3, 0.4) is 0 Å². The summed E-state index contributed by atoms with van der Waals surface area (Å²) in [5.74, 6) is 0.867. The van der Waals surface area contributed by atoms with Crippen LogP contribution in [0.4, 0.5) is 0 Å². The molecule has 0 amide bonds. The molecule has 0 aromatic heterocycles. The molecule has 1 atom stereocenters. The van der Waals surface area contributed by atoms with Crippen molar-refractivity contribution in [1.29, 1.82) is 0 Å². The minimum atomic E-state index is 0.608. The van der Waals surface area contributed by atoms with Crippen LogP contribution >= 0.6 is 27.5 Å². The molecule has 0 N–H and O–H groups in total. The topological polar surface area (TPSA) is 0 Å². The predicted molar refractivity (Wildman–Crippen MR) is 65.2 cm³/mol. The number of hydrogen-bond acceptors (Lipinski definition) is 0. The first-order chi connectivity index (χ1) is 6.77. The Hall–Kier alpha value is -0.0100. The molecule has 2 rings (SSSR count). The van der Waals surface area contributed by atoms with Gasteiger partial charge in [0.05, 0.1) is 0 Å². The third kappa shape index (κ3) is 2.32. The normalized spacial score (nSPS) is 19.0. The standard InChI is InChI=1S/C12H14BrCl/c13-11(9-5-3-6-9)8-10-4-1-2-7-12(10)14/h1-2,4,7,9,11H,3,5-6,8H2. The van der Waals surface area contributed by atoms with E-state index in [2.05, 4.69) is 28.1 Å². The van der Waals surface area contributed by atoms with Crippen molar-refractivity contribution in [2.24, 2.45) is 5.92 Å². The number of rotatable bonds is 3. The van der Waals surface area contributed by atoms with Gasteiger partial charge in [-0.15, -0.1) is 0 Å². The summed E-state index contributed by atoms with van der Waals surface area (Å²) in [6.45, 7) is 0. The van der Waals surface area contributed by atoms with Gasteiger partial charge in [0.15, 0.2) is 0 Å². The van der Waals surface area contributed by atoms with Gasteiger partial charge in [-0.1, -0.05) is 52.2 Å². The molecule has 1 saturated carbocycles. The Balaban J connectivity index is 1.99. The summed E-state index contributed by atoms with van der Waals surface area (Å²) < 4.78 is 0. The highest BCUT2D eigenvalue weighted by molar-refractivity contribution is 9.09. The fourth-order valence-corrected chi connectivity index (χ4v) is 2.93. The summed E-state index contributed by atoms with van der Waals surface area (Å²) in [5.41, 5.74) is 1.27. The number of benzene rings is 1. The lowest BCUT2D eigenvalue weighted by atomic mass is 9.81. The van der Waals surface area contributed by atoms with E-state index >= 15 is 0 Å². The fraction of sp³-hybridized carbons (Fsp3) is 0.500. The highest BCUT2D eigenvalue weighted by Gasteiger charge is 2.25. The number of hydrogen-bond donors (Lipinski definition) is 0. The predicted octanol–water partition coefficient (Wildman–Crippen LogP) is 4.45. The molecule has 0 nitrogen and oxygen atoms in total. The lowest BCUT2D eigenvalue weighted by molar-refractivity contribution is 0.308. The first kappa shape index (κ1) is 10.5. The zero-order chi connectivity index (χ0) is 9.97. The zero-order valence-electron chi connectivity index (χ0n) is 8.05. The van der Waals surface area contributed by atoms with Crippen LogP contribution in [0.2, 0.25) is 5.02 Å². The molecule has 1 unspecified atom stereocenters. The molecule has 1 aromatic carbocycles. The Morgan fingerprint density at radius 1 is 1.36 bits per heavy atom. The molecule has 0 bridgehead atoms. The SMILES string of the molecule is Clc1ccccc1CC(Br)C1CCC1. The molecule has 1 aromatic rings. The highest BCUT2D eigenvalue weighted by Crippen LogP contribution is 2.35. The average Bonchev–Trinajstić information content (AvgIpc) is 2.05. The number of alkyl halides is 1. The van der Waals surface area contributed by atoms with Crippen LogP contribution in [0.1, 0.15) is 24.8 Å². The van der Waals surface area contributed by atoms with E-state index in [1.807, 2.05) is 12.1 Å². The van der Waals surface area contributed by atoms with E-state index in [0.717, 1.165) is 17.4 Å². The zero-order valence-corrected chi connectivity index (χ0v) is 10.4. The Labute approximate surface area is 98.8 Å². The van der Waals surface area contributed by atoms with E-state index in [0.29, 0.717) is 4.83 Å². The molecule has 0 heterocycles. The second-order valence-electron chi connectivity index (χ2n) is 4.00. The van der Waals surface area contributed by atoms with Crippen molar-refractivity contribution in [2.75, 3.05) is 0 Å². The second-order valence-corrected chi connectivity index (χ2v) is 5.59. The summed E-state index contributed by atoms with van der Waals surface area (Å²) >= 11 is 9.88. The van der Waals surface area contributed by atoms with Crippen molar-refractivity contribution in [3.63, 3.8) is 0 Å². The average molecular weight is 274 g/mol. The molecular weight excluding hydrogens is 259 g/mol. The van der Waals surface area contributed by atoms with Crippen molar-refractivity contribution < 1.29 is 0 Å². The maximum Gasteiger partial charge on any atom is 0.0438 e. The molecule has 14 heavy (non-hydrogen) atoms. The van der Waals surface area contributed by atoms with E-state index in [1.165, 1.54) is 24.8 Å². The smallest absolute Gasteiger partial charge is 0.0438 e. The third-order valence-electron chi connectivity index (χ3n) is 3.03. The van der Waals surface area contributed by atoms with Gasteiger partial charge < -0.3 is 0 Å². The van der Waals surface area contributed by atoms with Crippen molar-refractivity contribution in [3.05, 3.63) is 34.9 Å². The molecule has 1 aliphatic carbocycles. The molecule has 2 heteroatoms. The van der Waals surface area contributed by atoms with Crippen LogP contribution < -0.4 is 0 Å². The quantitative estimate of drug-likeness (QED) is 0.714. The minimum Gasteiger partial charge on any atom is -0.0884 e. The monoisotopic (exact) mass is 272 g/mol. The summed E-state index contributed by atoms with van der Waals surface area (Å²) in [6, 6.07) is 8.13. The Morgan fingerprint density at radius 3 is 2.64 bits per heavy atom. The molecule has 1 fully saturated rings. The maximum absolute atomic E-state index is 6.11. The first-order valence-corrected chi connectivity index (χ1v) is 6.44. The lowest BCUT2D eigenvalue weighted by Gasteiger charge is -2.30. The van der Waals surface area contributed by atoms with Gasteiger partial charge in [0.25, 0.3) is 0 Å². The van der Waals surface area contributed by atoms with Gasteiger partial charge in [-0.3, -0.25) is 0 Å². The Bertz CT molecular complexity index is 307. The largest absolute Gasteiger partial charge is 0.0884 e. The van der Waals surface area contributed by atoms with Crippen molar-refractivity contribution in [2.45, 2.75) is 30.5 Å². The van der Waals surface area contributed by atoms with Gasteiger partial charge in [-0.25, -0.2) is 0 Å². The summed E-state index contributed by atoms with van der Waals surface area (Å²) in [4.78, 5) is 0.608. The van der Waals surface area contributed by atoms with Gasteiger partial charge in [0.2, 0.25) is 0 Å². The lowest BCUT2D eigenvalue weighted by Crippen LogP contribution is -2.23. The molecule has 0 spiro atoms. The second kappa shape index (κ2) is 4.67. The number of halogens is 2. The maximum atomic E-state index is 6.11. The fourth-order valence-electron chi connectivity index (χ4n) is 1.84. The van der Waals surface area contributed by atoms with Crippen molar-refractivity contribution in [1.82, 2.24) is 0 Å². The third-order valence-corrected chi connectivity index (χ3v) is 4.47. The van der Waals surface area contributed by atoms with Gasteiger partial charge in [0.1, 0.15) is 0 Å². The van der Waals surface area contributed by atoms with Crippen LogP contribution in [-0.2, 0) is 6.42 Å². The summed E-state index contributed by atoms with van der Waals surface area (Å²) in [5, 5.41) is 0.899. The Kier molecular flexibility index (Phi) is 3.51. The summed E-state index contributed by atoms with van der Waals surface area (Å²) in [7, 11) is 0. The Morgan fingerprint density at radius 2 is 2.07 bits per heavy atom. The van der Waals surface area contributed by atoms with E-state index in [4.69, 9.17) is 11.6 Å². The van der Waals surface area contributed by atoms with Crippen molar-refractivity contribution in [3.8, 4) is 0 Å². The molecular formula is C12H14BrCl. The highest BCUT2D eigenvalue weighted by atomic mass is 79.9.